The standard InChI is InChI=1S/C24H24N4O5/c29-22(26-32)18-5-3-17(4-6-18)16-28-11-1-2-21(24(28)31)23(30)25-19-7-9-20(10-8-19)27-12-14-33-15-13-27/h1-11,32H,12-16H2,(H,25,30)(H,26,29). The van der Waals surface area contributed by atoms with Crippen molar-refractivity contribution in [1.82, 2.24) is 10.0 Å². The summed E-state index contributed by atoms with van der Waals surface area (Å²) in [6, 6.07) is 17.1. The zero-order valence-corrected chi connectivity index (χ0v) is 17.9. The van der Waals surface area contributed by atoms with E-state index in [-0.39, 0.29) is 12.1 Å². The number of benzene rings is 2. The van der Waals surface area contributed by atoms with Gasteiger partial charge in [-0.1, -0.05) is 12.1 Å². The lowest BCUT2D eigenvalue weighted by molar-refractivity contribution is 0.0706. The predicted octanol–water partition coefficient (Wildman–Crippen LogP) is 2.10. The van der Waals surface area contributed by atoms with Gasteiger partial charge in [-0.25, -0.2) is 5.48 Å². The first kappa shape index (κ1) is 22.3. The first-order valence-electron chi connectivity index (χ1n) is 10.5. The van der Waals surface area contributed by atoms with Gasteiger partial charge in [-0.3, -0.25) is 19.6 Å². The molecule has 2 aromatic carbocycles. The second kappa shape index (κ2) is 10.1. The summed E-state index contributed by atoms with van der Waals surface area (Å²) in [7, 11) is 0. The fourth-order valence-corrected chi connectivity index (χ4v) is 3.63. The fraction of sp³-hybridized carbons (Fsp3) is 0.208. The Morgan fingerprint density at radius 3 is 2.30 bits per heavy atom. The molecule has 170 valence electrons. The van der Waals surface area contributed by atoms with Crippen molar-refractivity contribution in [3.63, 3.8) is 0 Å². The summed E-state index contributed by atoms with van der Waals surface area (Å²) in [5, 5.41) is 11.5. The van der Waals surface area contributed by atoms with Crippen molar-refractivity contribution in [3.8, 4) is 0 Å². The van der Waals surface area contributed by atoms with Gasteiger partial charge in [0.05, 0.1) is 19.8 Å². The highest BCUT2D eigenvalue weighted by Gasteiger charge is 2.14. The number of carbonyl (C=O) groups excluding carboxylic acids is 2. The lowest BCUT2D eigenvalue weighted by atomic mass is 10.1. The average molecular weight is 448 g/mol. The first-order chi connectivity index (χ1) is 16.0. The van der Waals surface area contributed by atoms with Crippen molar-refractivity contribution < 1.29 is 19.5 Å². The third-order valence-corrected chi connectivity index (χ3v) is 5.44. The van der Waals surface area contributed by atoms with E-state index >= 15 is 0 Å². The van der Waals surface area contributed by atoms with Crippen molar-refractivity contribution in [2.45, 2.75) is 6.54 Å². The minimum absolute atomic E-state index is 0.0334. The Morgan fingerprint density at radius 1 is 0.939 bits per heavy atom. The largest absolute Gasteiger partial charge is 0.378 e. The number of hydrogen-bond acceptors (Lipinski definition) is 6. The van der Waals surface area contributed by atoms with Crippen molar-refractivity contribution in [2.24, 2.45) is 0 Å². The van der Waals surface area contributed by atoms with Crippen LogP contribution in [0, 0.1) is 0 Å². The highest BCUT2D eigenvalue weighted by Crippen LogP contribution is 2.19. The van der Waals surface area contributed by atoms with Gasteiger partial charge in [0, 0.05) is 36.2 Å². The molecule has 3 aromatic rings. The minimum Gasteiger partial charge on any atom is -0.378 e. The summed E-state index contributed by atoms with van der Waals surface area (Å²) in [5.41, 5.74) is 3.90. The van der Waals surface area contributed by atoms with Gasteiger partial charge < -0.3 is 19.5 Å². The molecule has 0 bridgehead atoms. The molecule has 1 fully saturated rings. The molecule has 9 nitrogen and oxygen atoms in total. The van der Waals surface area contributed by atoms with Gasteiger partial charge in [0.15, 0.2) is 0 Å². The second-order valence-electron chi connectivity index (χ2n) is 7.59. The molecule has 2 amide bonds. The van der Waals surface area contributed by atoms with Crippen LogP contribution in [-0.4, -0.2) is 47.9 Å². The molecule has 1 saturated heterocycles. The smallest absolute Gasteiger partial charge is 0.274 e. The van der Waals surface area contributed by atoms with E-state index in [9.17, 15) is 14.4 Å². The number of nitrogens with zero attached hydrogens (tertiary/aromatic N) is 2. The molecule has 0 saturated carbocycles. The quantitative estimate of drug-likeness (QED) is 0.393. The van der Waals surface area contributed by atoms with Crippen LogP contribution in [0.25, 0.3) is 0 Å². The van der Waals surface area contributed by atoms with Crippen molar-refractivity contribution in [1.29, 1.82) is 0 Å². The number of hydroxylamine groups is 1. The molecule has 1 aromatic heterocycles. The topological polar surface area (TPSA) is 113 Å². The summed E-state index contributed by atoms with van der Waals surface area (Å²) < 4.78 is 6.80. The maximum Gasteiger partial charge on any atom is 0.274 e. The van der Waals surface area contributed by atoms with Crippen LogP contribution in [0.2, 0.25) is 0 Å². The molecular formula is C24H24N4O5. The molecule has 4 rings (SSSR count). The number of amides is 2. The first-order valence-corrected chi connectivity index (χ1v) is 10.5. The van der Waals surface area contributed by atoms with Crippen molar-refractivity contribution in [2.75, 3.05) is 36.5 Å². The molecule has 0 unspecified atom stereocenters. The molecular weight excluding hydrogens is 424 g/mol. The van der Waals surface area contributed by atoms with Crippen molar-refractivity contribution in [3.05, 3.63) is 93.9 Å². The van der Waals surface area contributed by atoms with E-state index in [4.69, 9.17) is 9.94 Å². The van der Waals surface area contributed by atoms with Gasteiger partial charge in [0.2, 0.25) is 0 Å². The van der Waals surface area contributed by atoms with Crippen LogP contribution in [-0.2, 0) is 11.3 Å². The lowest BCUT2D eigenvalue weighted by Gasteiger charge is -2.28. The Balaban J connectivity index is 1.45. The number of nitrogens with one attached hydrogen (secondary N) is 2. The molecule has 33 heavy (non-hydrogen) atoms. The van der Waals surface area contributed by atoms with Gasteiger partial charge in [-0.15, -0.1) is 0 Å². The Bertz CT molecular complexity index is 1180. The van der Waals surface area contributed by atoms with Crippen LogP contribution < -0.4 is 21.3 Å². The Labute approximate surface area is 190 Å². The van der Waals surface area contributed by atoms with Crippen LogP contribution in [0.5, 0.6) is 0 Å². The number of hydrogen-bond donors (Lipinski definition) is 3. The Kier molecular flexibility index (Phi) is 6.82. The molecule has 0 spiro atoms. The van der Waals surface area contributed by atoms with Gasteiger partial charge in [-0.2, -0.15) is 0 Å². The molecule has 0 atom stereocenters. The molecule has 1 aliphatic heterocycles. The second-order valence-corrected chi connectivity index (χ2v) is 7.59. The van der Waals surface area contributed by atoms with Crippen LogP contribution >= 0.6 is 0 Å². The summed E-state index contributed by atoms with van der Waals surface area (Å²) >= 11 is 0. The van der Waals surface area contributed by atoms with Crippen LogP contribution in [0.4, 0.5) is 11.4 Å². The van der Waals surface area contributed by atoms with E-state index in [0.29, 0.717) is 24.5 Å². The average Bonchev–Trinajstić information content (AvgIpc) is 2.86. The summed E-state index contributed by atoms with van der Waals surface area (Å²) in [4.78, 5) is 39.3. The van der Waals surface area contributed by atoms with Crippen molar-refractivity contribution >= 4 is 23.2 Å². The normalized spacial score (nSPS) is 13.4. The van der Waals surface area contributed by atoms with E-state index < -0.39 is 17.4 Å². The molecule has 2 heterocycles. The van der Waals surface area contributed by atoms with E-state index in [0.717, 1.165) is 24.3 Å². The number of carbonyl (C=O) groups is 2. The fourth-order valence-electron chi connectivity index (χ4n) is 3.63. The highest BCUT2D eigenvalue weighted by molar-refractivity contribution is 6.04. The van der Waals surface area contributed by atoms with Gasteiger partial charge in [0.25, 0.3) is 17.4 Å². The maximum absolute atomic E-state index is 12.9. The Morgan fingerprint density at radius 2 is 1.64 bits per heavy atom. The number of rotatable bonds is 6. The number of aromatic nitrogens is 1. The molecule has 1 aliphatic rings. The van der Waals surface area contributed by atoms with Gasteiger partial charge in [0.1, 0.15) is 5.56 Å². The molecule has 0 aliphatic carbocycles. The molecule has 3 N–H and O–H groups in total. The SMILES string of the molecule is O=C(NO)c1ccc(Cn2cccc(C(=O)Nc3ccc(N4CCOCC4)cc3)c2=O)cc1. The minimum atomic E-state index is -0.615. The lowest BCUT2D eigenvalue weighted by Crippen LogP contribution is -2.36. The monoisotopic (exact) mass is 448 g/mol. The molecule has 0 radical (unpaired) electrons. The predicted molar refractivity (Wildman–Crippen MR) is 123 cm³/mol. The van der Waals surface area contributed by atoms with E-state index in [1.165, 1.54) is 10.6 Å². The van der Waals surface area contributed by atoms with Crippen LogP contribution in [0.3, 0.4) is 0 Å². The number of ether oxygens (including phenoxy) is 1. The third-order valence-electron chi connectivity index (χ3n) is 5.44. The van der Waals surface area contributed by atoms with Gasteiger partial charge >= 0.3 is 0 Å². The maximum atomic E-state index is 12.9. The molecule has 9 heteroatoms. The summed E-state index contributed by atoms with van der Waals surface area (Å²) in [5.74, 6) is -1.10. The number of morpholine rings is 1. The highest BCUT2D eigenvalue weighted by atomic mass is 16.5. The summed E-state index contributed by atoms with van der Waals surface area (Å²) in [6.07, 6.45) is 1.60. The zero-order chi connectivity index (χ0) is 23.2. The van der Waals surface area contributed by atoms with Crippen LogP contribution in [0.15, 0.2) is 71.7 Å². The third kappa shape index (κ3) is 5.28. The van der Waals surface area contributed by atoms with E-state index in [1.54, 1.807) is 42.0 Å². The van der Waals surface area contributed by atoms with E-state index in [2.05, 4.69) is 10.2 Å². The number of pyridine rings is 1. The Hall–Kier alpha value is -3.95. The number of anilines is 2. The van der Waals surface area contributed by atoms with Gasteiger partial charge in [-0.05, 0) is 54.1 Å². The zero-order valence-electron chi connectivity index (χ0n) is 17.9. The van der Waals surface area contributed by atoms with Crippen LogP contribution in [0.1, 0.15) is 26.3 Å². The summed E-state index contributed by atoms with van der Waals surface area (Å²) in [6.45, 7) is 3.27. The van der Waals surface area contributed by atoms with E-state index in [1.807, 2.05) is 24.3 Å².